The quantitative estimate of drug-likeness (QED) is 0.414. The maximum Gasteiger partial charge on any atom is 0.194 e. The van der Waals surface area contributed by atoms with Crippen LogP contribution in [0, 0.1) is 12.8 Å². The number of guanidine groups is 1. The van der Waals surface area contributed by atoms with Crippen molar-refractivity contribution < 1.29 is 9.47 Å². The Morgan fingerprint density at radius 3 is 2.79 bits per heavy atom. The van der Waals surface area contributed by atoms with Crippen molar-refractivity contribution in [3.05, 3.63) is 29.3 Å². The molecule has 1 N–H and O–H groups in total. The summed E-state index contributed by atoms with van der Waals surface area (Å²) >= 11 is 0. The van der Waals surface area contributed by atoms with Crippen LogP contribution in [0.15, 0.2) is 23.2 Å². The number of halogens is 1. The molecule has 1 aromatic rings. The molecular weight excluding hydrogens is 417 g/mol. The zero-order chi connectivity index (χ0) is 16.7. The number of benzene rings is 1. The number of hydrogen-bond acceptors (Lipinski definition) is 3. The number of nitrogens with one attached hydrogen (secondary N) is 1. The number of methoxy groups -OCH3 is 2. The first-order valence-corrected chi connectivity index (χ1v) is 8.33. The SMILES string of the molecule is CCNC(=NCc1ccc(OC)c(C)c1)N1CCC(COC)C1.I. The molecule has 0 saturated carbocycles. The van der Waals surface area contributed by atoms with Crippen LogP contribution >= 0.6 is 24.0 Å². The van der Waals surface area contributed by atoms with Crippen LogP contribution in [0.2, 0.25) is 0 Å². The number of rotatable bonds is 6. The van der Waals surface area contributed by atoms with Crippen molar-refractivity contribution >= 4 is 29.9 Å². The van der Waals surface area contributed by atoms with Gasteiger partial charge in [0.1, 0.15) is 5.75 Å². The van der Waals surface area contributed by atoms with E-state index in [-0.39, 0.29) is 24.0 Å². The van der Waals surface area contributed by atoms with Gasteiger partial charge in [-0.2, -0.15) is 0 Å². The molecule has 1 heterocycles. The summed E-state index contributed by atoms with van der Waals surface area (Å²) in [5, 5.41) is 3.41. The zero-order valence-electron chi connectivity index (χ0n) is 15.2. The summed E-state index contributed by atoms with van der Waals surface area (Å²) in [6.45, 7) is 8.61. The third-order valence-electron chi connectivity index (χ3n) is 4.19. The highest BCUT2D eigenvalue weighted by Gasteiger charge is 2.24. The summed E-state index contributed by atoms with van der Waals surface area (Å²) in [4.78, 5) is 7.14. The van der Waals surface area contributed by atoms with Crippen LogP contribution in [-0.4, -0.2) is 51.3 Å². The predicted octanol–water partition coefficient (Wildman–Crippen LogP) is 3.06. The molecule has 0 amide bonds. The molecular formula is C18H30IN3O2. The van der Waals surface area contributed by atoms with Gasteiger partial charge in [0, 0.05) is 32.7 Å². The van der Waals surface area contributed by atoms with Crippen LogP contribution in [0.25, 0.3) is 0 Å². The summed E-state index contributed by atoms with van der Waals surface area (Å²) in [5.74, 6) is 2.53. The van der Waals surface area contributed by atoms with Crippen molar-refractivity contribution in [3.8, 4) is 5.75 Å². The van der Waals surface area contributed by atoms with Gasteiger partial charge < -0.3 is 19.7 Å². The Balaban J connectivity index is 0.00000288. The van der Waals surface area contributed by atoms with Crippen LogP contribution in [0.4, 0.5) is 0 Å². The first-order valence-electron chi connectivity index (χ1n) is 8.33. The van der Waals surface area contributed by atoms with E-state index in [0.717, 1.165) is 43.5 Å². The summed E-state index contributed by atoms with van der Waals surface area (Å²) in [5.41, 5.74) is 2.35. The Morgan fingerprint density at radius 1 is 1.38 bits per heavy atom. The summed E-state index contributed by atoms with van der Waals surface area (Å²) in [7, 11) is 3.47. The molecule has 0 aromatic heterocycles. The first kappa shape index (κ1) is 21.0. The lowest BCUT2D eigenvalue weighted by Gasteiger charge is -2.21. The van der Waals surface area contributed by atoms with Crippen molar-refractivity contribution in [2.24, 2.45) is 10.9 Å². The van der Waals surface area contributed by atoms with Crippen molar-refractivity contribution in [1.29, 1.82) is 0 Å². The molecule has 24 heavy (non-hydrogen) atoms. The van der Waals surface area contributed by atoms with E-state index in [2.05, 4.69) is 36.2 Å². The number of ether oxygens (including phenoxy) is 2. The van der Waals surface area contributed by atoms with Gasteiger partial charge in [-0.1, -0.05) is 12.1 Å². The van der Waals surface area contributed by atoms with E-state index in [1.54, 1.807) is 14.2 Å². The fourth-order valence-corrected chi connectivity index (χ4v) is 3.03. The molecule has 0 spiro atoms. The van der Waals surface area contributed by atoms with Crippen molar-refractivity contribution in [1.82, 2.24) is 10.2 Å². The molecule has 1 fully saturated rings. The topological polar surface area (TPSA) is 46.1 Å². The lowest BCUT2D eigenvalue weighted by molar-refractivity contribution is 0.157. The third-order valence-corrected chi connectivity index (χ3v) is 4.19. The molecule has 2 rings (SSSR count). The normalized spacial score (nSPS) is 17.6. The number of nitrogens with zero attached hydrogens (tertiary/aromatic N) is 2. The molecule has 1 aliphatic heterocycles. The van der Waals surface area contributed by atoms with E-state index in [1.807, 2.05) is 6.07 Å². The van der Waals surface area contributed by atoms with Gasteiger partial charge in [0.05, 0.1) is 20.3 Å². The fraction of sp³-hybridized carbons (Fsp3) is 0.611. The van der Waals surface area contributed by atoms with E-state index in [1.165, 1.54) is 12.0 Å². The zero-order valence-corrected chi connectivity index (χ0v) is 17.5. The van der Waals surface area contributed by atoms with Crippen LogP contribution in [0.1, 0.15) is 24.5 Å². The second-order valence-electron chi connectivity index (χ2n) is 6.03. The van der Waals surface area contributed by atoms with Gasteiger partial charge in [-0.15, -0.1) is 24.0 Å². The molecule has 0 aliphatic carbocycles. The van der Waals surface area contributed by atoms with Crippen molar-refractivity contribution in [2.45, 2.75) is 26.8 Å². The van der Waals surface area contributed by atoms with Crippen LogP contribution in [-0.2, 0) is 11.3 Å². The average molecular weight is 447 g/mol. The third kappa shape index (κ3) is 5.81. The van der Waals surface area contributed by atoms with Crippen molar-refractivity contribution in [2.75, 3.05) is 40.5 Å². The fourth-order valence-electron chi connectivity index (χ4n) is 3.03. The number of hydrogen-bond donors (Lipinski definition) is 1. The maximum absolute atomic E-state index is 5.31. The minimum atomic E-state index is 0. The lowest BCUT2D eigenvalue weighted by atomic mass is 10.1. The molecule has 1 saturated heterocycles. The van der Waals surface area contributed by atoms with E-state index >= 15 is 0 Å². The minimum Gasteiger partial charge on any atom is -0.496 e. The van der Waals surface area contributed by atoms with Gasteiger partial charge in [-0.3, -0.25) is 0 Å². The molecule has 1 aliphatic rings. The average Bonchev–Trinajstić information content (AvgIpc) is 3.00. The number of aliphatic imine (C=N–C) groups is 1. The summed E-state index contributed by atoms with van der Waals surface area (Å²) < 4.78 is 10.6. The van der Waals surface area contributed by atoms with Crippen LogP contribution < -0.4 is 10.1 Å². The number of likely N-dealkylation sites (tertiary alicyclic amines) is 1. The second kappa shape index (κ2) is 10.8. The highest BCUT2D eigenvalue weighted by Crippen LogP contribution is 2.20. The van der Waals surface area contributed by atoms with E-state index < -0.39 is 0 Å². The Hall–Kier alpha value is -1.02. The second-order valence-corrected chi connectivity index (χ2v) is 6.03. The monoisotopic (exact) mass is 447 g/mol. The van der Waals surface area contributed by atoms with Crippen LogP contribution in [0.3, 0.4) is 0 Å². The van der Waals surface area contributed by atoms with Gasteiger partial charge in [0.25, 0.3) is 0 Å². The Bertz CT molecular complexity index is 537. The minimum absolute atomic E-state index is 0. The highest BCUT2D eigenvalue weighted by molar-refractivity contribution is 14.0. The lowest BCUT2D eigenvalue weighted by Crippen LogP contribution is -2.40. The summed E-state index contributed by atoms with van der Waals surface area (Å²) in [6, 6.07) is 6.23. The number of aryl methyl sites for hydroxylation is 1. The Morgan fingerprint density at radius 2 is 2.17 bits per heavy atom. The van der Waals surface area contributed by atoms with E-state index in [4.69, 9.17) is 14.5 Å². The molecule has 5 nitrogen and oxygen atoms in total. The van der Waals surface area contributed by atoms with Crippen LogP contribution in [0.5, 0.6) is 5.75 Å². The van der Waals surface area contributed by atoms with Gasteiger partial charge in [-0.25, -0.2) is 4.99 Å². The Labute approximate surface area is 162 Å². The Kier molecular flexibility index (Phi) is 9.43. The standard InChI is InChI=1S/C18H29N3O2.HI/c1-5-19-18(21-9-8-16(12-21)13-22-3)20-11-15-6-7-17(23-4)14(2)10-15;/h6-7,10,16H,5,8-9,11-13H2,1-4H3,(H,19,20);1H. The van der Waals surface area contributed by atoms with E-state index in [0.29, 0.717) is 12.5 Å². The van der Waals surface area contributed by atoms with Gasteiger partial charge in [-0.05, 0) is 37.5 Å². The molecule has 0 radical (unpaired) electrons. The largest absolute Gasteiger partial charge is 0.496 e. The molecule has 1 aromatic carbocycles. The molecule has 136 valence electrons. The predicted molar refractivity (Wildman–Crippen MR) is 110 cm³/mol. The maximum atomic E-state index is 5.31. The van der Waals surface area contributed by atoms with E-state index in [9.17, 15) is 0 Å². The van der Waals surface area contributed by atoms with Gasteiger partial charge in [0.2, 0.25) is 0 Å². The van der Waals surface area contributed by atoms with Crippen molar-refractivity contribution in [3.63, 3.8) is 0 Å². The highest BCUT2D eigenvalue weighted by atomic mass is 127. The summed E-state index contributed by atoms with van der Waals surface area (Å²) in [6.07, 6.45) is 1.17. The molecule has 0 bridgehead atoms. The smallest absolute Gasteiger partial charge is 0.194 e. The van der Waals surface area contributed by atoms with Gasteiger partial charge in [0.15, 0.2) is 5.96 Å². The van der Waals surface area contributed by atoms with Gasteiger partial charge >= 0.3 is 0 Å². The molecule has 1 unspecified atom stereocenters. The molecule has 1 atom stereocenters. The molecule has 6 heteroatoms. The first-order chi connectivity index (χ1) is 11.2.